The summed E-state index contributed by atoms with van der Waals surface area (Å²) in [5.41, 5.74) is 0. The summed E-state index contributed by atoms with van der Waals surface area (Å²) >= 11 is 11.6. The summed E-state index contributed by atoms with van der Waals surface area (Å²) in [5.74, 6) is 0. The first kappa shape index (κ1) is 13.8. The van der Waals surface area contributed by atoms with Crippen molar-refractivity contribution in [3.05, 3.63) is 29.3 Å². The van der Waals surface area contributed by atoms with Crippen LogP contribution < -0.4 is 0 Å². The van der Waals surface area contributed by atoms with Crippen LogP contribution in [-0.4, -0.2) is 31.7 Å². The van der Waals surface area contributed by atoms with Crippen LogP contribution in [0.3, 0.4) is 0 Å². The average Bonchev–Trinajstić information content (AvgIpc) is 2.16. The highest BCUT2D eigenvalue weighted by Crippen LogP contribution is 2.23. The third kappa shape index (κ3) is 3.10. The lowest BCUT2D eigenvalue weighted by molar-refractivity contribution is 0.470. The van der Waals surface area contributed by atoms with Crippen molar-refractivity contribution in [1.29, 1.82) is 0 Å². The summed E-state index contributed by atoms with van der Waals surface area (Å²) in [4.78, 5) is 0.108. The molecule has 0 spiro atoms. The minimum atomic E-state index is -3.55. The second-order valence-electron chi connectivity index (χ2n) is 3.50. The summed E-state index contributed by atoms with van der Waals surface area (Å²) < 4.78 is 25.3. The van der Waals surface area contributed by atoms with Crippen molar-refractivity contribution in [1.82, 2.24) is 4.31 Å². The molecule has 1 atom stereocenters. The third-order valence-corrected chi connectivity index (χ3v) is 4.49. The van der Waals surface area contributed by atoms with E-state index in [1.54, 1.807) is 25.1 Å². The van der Waals surface area contributed by atoms with Gasteiger partial charge in [-0.25, -0.2) is 8.42 Å². The maximum absolute atomic E-state index is 12.1. The first-order valence-electron chi connectivity index (χ1n) is 4.70. The lowest BCUT2D eigenvalue weighted by Gasteiger charge is -2.18. The van der Waals surface area contributed by atoms with Gasteiger partial charge in [-0.3, -0.25) is 0 Å². The van der Waals surface area contributed by atoms with Crippen molar-refractivity contribution in [2.24, 2.45) is 0 Å². The van der Waals surface area contributed by atoms with Gasteiger partial charge in [0.1, 0.15) is 4.90 Å². The van der Waals surface area contributed by atoms with Gasteiger partial charge in [0.05, 0.1) is 5.02 Å². The molecule has 3 nitrogen and oxygen atoms in total. The van der Waals surface area contributed by atoms with Gasteiger partial charge in [-0.1, -0.05) is 23.7 Å². The van der Waals surface area contributed by atoms with Crippen molar-refractivity contribution in [3.8, 4) is 0 Å². The molecule has 90 valence electrons. The van der Waals surface area contributed by atoms with Crippen molar-refractivity contribution in [3.63, 3.8) is 0 Å². The highest BCUT2D eigenvalue weighted by atomic mass is 35.5. The van der Waals surface area contributed by atoms with Crippen LogP contribution in [0.15, 0.2) is 29.2 Å². The number of rotatable bonds is 4. The Labute approximate surface area is 106 Å². The normalized spacial score (nSPS) is 14.1. The zero-order chi connectivity index (χ0) is 12.3. The fourth-order valence-corrected chi connectivity index (χ4v) is 3.31. The average molecular weight is 282 g/mol. The molecule has 0 saturated heterocycles. The van der Waals surface area contributed by atoms with Gasteiger partial charge < -0.3 is 0 Å². The molecule has 0 aliphatic carbocycles. The standard InChI is InChI=1S/C10H13Cl2NO2S/c1-8(11)7-13(2)16(14,15)10-6-4-3-5-9(10)12/h3-6,8H,7H2,1-2H3. The molecule has 6 heteroatoms. The first-order chi connectivity index (χ1) is 7.35. The molecule has 16 heavy (non-hydrogen) atoms. The predicted octanol–water partition coefficient (Wildman–Crippen LogP) is 2.59. The van der Waals surface area contributed by atoms with Gasteiger partial charge in [0.25, 0.3) is 0 Å². The molecule has 0 aromatic heterocycles. The number of alkyl halides is 1. The Hall–Kier alpha value is -0.290. The molecule has 1 aromatic carbocycles. The molecule has 0 saturated carbocycles. The summed E-state index contributed by atoms with van der Waals surface area (Å²) in [6, 6.07) is 6.35. The maximum Gasteiger partial charge on any atom is 0.244 e. The molecular weight excluding hydrogens is 269 g/mol. The zero-order valence-electron chi connectivity index (χ0n) is 9.02. The number of hydrogen-bond acceptors (Lipinski definition) is 2. The Bertz CT molecular complexity index is 460. The SMILES string of the molecule is CC(Cl)CN(C)S(=O)(=O)c1ccccc1Cl. The second kappa shape index (κ2) is 5.36. The second-order valence-corrected chi connectivity index (χ2v) is 6.66. The predicted molar refractivity (Wildman–Crippen MR) is 66.6 cm³/mol. The molecule has 0 fully saturated rings. The number of halogens is 2. The monoisotopic (exact) mass is 281 g/mol. The van der Waals surface area contributed by atoms with Crippen molar-refractivity contribution in [2.45, 2.75) is 17.2 Å². The van der Waals surface area contributed by atoms with E-state index in [4.69, 9.17) is 23.2 Å². The summed E-state index contributed by atoms with van der Waals surface area (Å²) in [7, 11) is -2.06. The van der Waals surface area contributed by atoms with Crippen LogP contribution in [0.4, 0.5) is 0 Å². The van der Waals surface area contributed by atoms with E-state index < -0.39 is 10.0 Å². The Morgan fingerprint density at radius 1 is 1.38 bits per heavy atom. The fourth-order valence-electron chi connectivity index (χ4n) is 1.27. The molecule has 0 heterocycles. The van der Waals surface area contributed by atoms with Crippen molar-refractivity contribution >= 4 is 33.2 Å². The molecular formula is C10H13Cl2NO2S. The maximum atomic E-state index is 12.1. The largest absolute Gasteiger partial charge is 0.244 e. The Morgan fingerprint density at radius 2 is 1.94 bits per heavy atom. The molecule has 0 radical (unpaired) electrons. The van der Waals surface area contributed by atoms with Gasteiger partial charge >= 0.3 is 0 Å². The van der Waals surface area contributed by atoms with Gasteiger partial charge in [-0.15, -0.1) is 11.6 Å². The molecule has 0 aliphatic rings. The van der Waals surface area contributed by atoms with Gasteiger partial charge in [-0.2, -0.15) is 4.31 Å². The number of nitrogens with zero attached hydrogens (tertiary/aromatic N) is 1. The number of hydrogen-bond donors (Lipinski definition) is 0. The molecule has 1 aromatic rings. The van der Waals surface area contributed by atoms with Gasteiger partial charge in [0.2, 0.25) is 10.0 Å². The van der Waals surface area contributed by atoms with Crippen LogP contribution in [0.25, 0.3) is 0 Å². The van der Waals surface area contributed by atoms with Crippen LogP contribution in [0, 0.1) is 0 Å². The molecule has 0 aliphatic heterocycles. The molecule has 0 amide bonds. The number of sulfonamides is 1. The van der Waals surface area contributed by atoms with Gasteiger partial charge in [-0.05, 0) is 19.1 Å². The summed E-state index contributed by atoms with van der Waals surface area (Å²) in [6.45, 7) is 1.98. The molecule has 0 N–H and O–H groups in total. The van der Waals surface area contributed by atoms with E-state index in [1.807, 2.05) is 0 Å². The molecule has 1 rings (SSSR count). The Morgan fingerprint density at radius 3 is 2.44 bits per heavy atom. The van der Waals surface area contributed by atoms with Gasteiger partial charge in [0, 0.05) is 19.0 Å². The van der Waals surface area contributed by atoms with E-state index in [1.165, 1.54) is 17.4 Å². The first-order valence-corrected chi connectivity index (χ1v) is 6.96. The van der Waals surface area contributed by atoms with Crippen molar-refractivity contribution in [2.75, 3.05) is 13.6 Å². The van der Waals surface area contributed by atoms with Crippen molar-refractivity contribution < 1.29 is 8.42 Å². The summed E-state index contributed by atoms with van der Waals surface area (Å²) in [6.07, 6.45) is 0. The molecule has 1 unspecified atom stereocenters. The van der Waals surface area contributed by atoms with Gasteiger partial charge in [0.15, 0.2) is 0 Å². The van der Waals surface area contributed by atoms with Crippen LogP contribution in [-0.2, 0) is 10.0 Å². The van der Waals surface area contributed by atoms with E-state index in [0.717, 1.165) is 0 Å². The van der Waals surface area contributed by atoms with Crippen LogP contribution in [0.1, 0.15) is 6.92 Å². The highest BCUT2D eigenvalue weighted by Gasteiger charge is 2.23. The minimum Gasteiger partial charge on any atom is -0.207 e. The fraction of sp³-hybridized carbons (Fsp3) is 0.400. The van der Waals surface area contributed by atoms with Crippen LogP contribution in [0.2, 0.25) is 5.02 Å². The Kier molecular flexibility index (Phi) is 4.62. The quantitative estimate of drug-likeness (QED) is 0.796. The van der Waals surface area contributed by atoms with E-state index >= 15 is 0 Å². The Balaban J connectivity index is 3.08. The minimum absolute atomic E-state index is 0.108. The summed E-state index contributed by atoms with van der Waals surface area (Å²) in [5, 5.41) is -0.0289. The van der Waals surface area contributed by atoms with E-state index in [9.17, 15) is 8.42 Å². The van der Waals surface area contributed by atoms with Crippen LogP contribution in [0.5, 0.6) is 0 Å². The highest BCUT2D eigenvalue weighted by molar-refractivity contribution is 7.89. The van der Waals surface area contributed by atoms with E-state index in [0.29, 0.717) is 0 Å². The number of benzene rings is 1. The zero-order valence-corrected chi connectivity index (χ0v) is 11.4. The van der Waals surface area contributed by atoms with E-state index in [-0.39, 0.29) is 21.8 Å². The van der Waals surface area contributed by atoms with Crippen LogP contribution >= 0.6 is 23.2 Å². The third-order valence-electron chi connectivity index (χ3n) is 2.03. The van der Waals surface area contributed by atoms with E-state index in [2.05, 4.69) is 0 Å². The molecule has 0 bridgehead atoms. The lowest BCUT2D eigenvalue weighted by atomic mass is 10.4. The topological polar surface area (TPSA) is 37.4 Å². The smallest absolute Gasteiger partial charge is 0.207 e. The lowest BCUT2D eigenvalue weighted by Crippen LogP contribution is -2.31.